The summed E-state index contributed by atoms with van der Waals surface area (Å²) in [6, 6.07) is 7.08. The van der Waals surface area contributed by atoms with Crippen molar-refractivity contribution >= 4 is 45.3 Å². The van der Waals surface area contributed by atoms with Gasteiger partial charge in [-0.05, 0) is 0 Å². The number of fused-ring (bicyclic) bond motifs is 1. The minimum atomic E-state index is -2.38. The molecule has 1 heterocycles. The Balaban J connectivity index is 2.35. The van der Waals surface area contributed by atoms with Gasteiger partial charge in [0.15, 0.2) is 0 Å². The van der Waals surface area contributed by atoms with E-state index in [9.17, 15) is 4.79 Å². The van der Waals surface area contributed by atoms with E-state index in [4.69, 9.17) is 0 Å². The molecule has 134 valence electrons. The molecule has 0 aromatic heterocycles. The molecule has 1 aromatic rings. The van der Waals surface area contributed by atoms with Gasteiger partial charge in [0, 0.05) is 0 Å². The molecule has 0 atom stereocenters. The summed E-state index contributed by atoms with van der Waals surface area (Å²) in [5, 5.41) is 3.11. The van der Waals surface area contributed by atoms with E-state index < -0.39 is 18.4 Å². The fraction of sp³-hybridized carbons (Fsp3) is 0.650. The van der Waals surface area contributed by atoms with Gasteiger partial charge in [-0.2, -0.15) is 0 Å². The predicted molar refractivity (Wildman–Crippen MR) is 110 cm³/mol. The molecule has 24 heavy (non-hydrogen) atoms. The summed E-state index contributed by atoms with van der Waals surface area (Å²) in [4.78, 5) is 13.0. The van der Waals surface area contributed by atoms with Crippen LogP contribution in [0.1, 0.15) is 59.3 Å². The first-order valence-corrected chi connectivity index (χ1v) is 18.2. The van der Waals surface area contributed by atoms with Crippen LogP contribution in [0.25, 0.3) is 0 Å². The van der Waals surface area contributed by atoms with Crippen molar-refractivity contribution in [3.63, 3.8) is 0 Å². The van der Waals surface area contributed by atoms with Gasteiger partial charge < -0.3 is 0 Å². The van der Waals surface area contributed by atoms with Gasteiger partial charge in [0.25, 0.3) is 0 Å². The van der Waals surface area contributed by atoms with E-state index in [-0.39, 0.29) is 5.91 Å². The van der Waals surface area contributed by atoms with Crippen molar-refractivity contribution in [1.82, 2.24) is 0 Å². The average Bonchev–Trinajstić information content (AvgIpc) is 2.61. The van der Waals surface area contributed by atoms with Crippen molar-refractivity contribution in [1.29, 1.82) is 0 Å². The summed E-state index contributed by atoms with van der Waals surface area (Å²) < 4.78 is 6.09. The van der Waals surface area contributed by atoms with E-state index in [0.29, 0.717) is 5.75 Å². The van der Waals surface area contributed by atoms with Gasteiger partial charge in [-0.25, -0.2) is 0 Å². The average molecular weight is 454 g/mol. The molecule has 1 aliphatic heterocycles. The Hall–Kier alpha value is -0.161. The number of anilines is 1. The quantitative estimate of drug-likeness (QED) is 0.454. The van der Waals surface area contributed by atoms with Crippen LogP contribution >= 0.6 is 11.8 Å². The second kappa shape index (κ2) is 10.1. The van der Waals surface area contributed by atoms with Gasteiger partial charge in [0.1, 0.15) is 0 Å². The molecule has 0 saturated carbocycles. The third-order valence-corrected chi connectivity index (χ3v) is 21.9. The molecule has 4 heteroatoms. The Kier molecular flexibility index (Phi) is 8.48. The Morgan fingerprint density at radius 3 is 2.12 bits per heavy atom. The molecule has 0 unspecified atom stereocenters. The van der Waals surface area contributed by atoms with Crippen molar-refractivity contribution in [2.24, 2.45) is 0 Å². The van der Waals surface area contributed by atoms with Gasteiger partial charge in [0.2, 0.25) is 0 Å². The second-order valence-corrected chi connectivity index (χ2v) is 21.4. The summed E-state index contributed by atoms with van der Waals surface area (Å²) in [6.45, 7) is 6.96. The van der Waals surface area contributed by atoms with Crippen LogP contribution in [-0.2, 0) is 4.79 Å². The molecular weight excluding hydrogens is 421 g/mol. The summed E-state index contributed by atoms with van der Waals surface area (Å²) in [7, 11) is 0. The van der Waals surface area contributed by atoms with Gasteiger partial charge in [-0.1, -0.05) is 0 Å². The number of carbonyl (C=O) groups is 1. The molecule has 2 nitrogen and oxygen atoms in total. The molecular formula is C20H33NOSSn. The molecule has 0 fully saturated rings. The van der Waals surface area contributed by atoms with Gasteiger partial charge in [-0.15, -0.1) is 0 Å². The minimum absolute atomic E-state index is 0.154. The van der Waals surface area contributed by atoms with Crippen molar-refractivity contribution in [2.75, 3.05) is 11.1 Å². The number of unbranched alkanes of at least 4 members (excludes halogenated alkanes) is 3. The fourth-order valence-electron chi connectivity index (χ4n) is 3.77. The number of benzene rings is 1. The van der Waals surface area contributed by atoms with E-state index in [1.54, 1.807) is 15.3 Å². The van der Waals surface area contributed by atoms with Crippen LogP contribution in [0, 0.1) is 0 Å². The molecule has 2 rings (SSSR count). The first-order valence-electron chi connectivity index (χ1n) is 9.72. The molecule has 0 saturated heterocycles. The maximum absolute atomic E-state index is 11.8. The zero-order valence-corrected chi connectivity index (χ0v) is 19.3. The zero-order valence-electron chi connectivity index (χ0n) is 15.6. The van der Waals surface area contributed by atoms with E-state index in [2.05, 4.69) is 44.3 Å². The molecule has 0 aliphatic carbocycles. The topological polar surface area (TPSA) is 29.1 Å². The number of hydrogen-bond acceptors (Lipinski definition) is 2. The molecule has 0 radical (unpaired) electrons. The Morgan fingerprint density at radius 2 is 1.58 bits per heavy atom. The summed E-state index contributed by atoms with van der Waals surface area (Å²) in [6.07, 6.45) is 8.03. The molecule has 1 aliphatic rings. The van der Waals surface area contributed by atoms with Crippen molar-refractivity contribution in [3.05, 3.63) is 18.2 Å². The monoisotopic (exact) mass is 455 g/mol. The van der Waals surface area contributed by atoms with Crippen LogP contribution in [-0.4, -0.2) is 30.0 Å². The van der Waals surface area contributed by atoms with Crippen LogP contribution in [0.2, 0.25) is 13.3 Å². The number of thioether (sulfide) groups is 1. The molecule has 0 spiro atoms. The van der Waals surface area contributed by atoms with Crippen molar-refractivity contribution in [3.8, 4) is 0 Å². The second-order valence-electron chi connectivity index (χ2n) is 7.14. The van der Waals surface area contributed by atoms with Crippen LogP contribution in [0.15, 0.2) is 23.1 Å². The van der Waals surface area contributed by atoms with Gasteiger partial charge >= 0.3 is 157 Å². The molecule has 1 aromatic carbocycles. The molecule has 1 N–H and O–H groups in total. The summed E-state index contributed by atoms with van der Waals surface area (Å²) in [5.41, 5.74) is 1.08. The number of rotatable bonds is 10. The maximum atomic E-state index is 11.8. The third-order valence-electron chi connectivity index (χ3n) is 5.25. The van der Waals surface area contributed by atoms with Crippen LogP contribution < -0.4 is 8.90 Å². The predicted octanol–water partition coefficient (Wildman–Crippen LogP) is 5.79. The standard InChI is InChI=1S/C8H6NOS.3C4H9.Sn/c10-8-5-11-7-4-2-1-3-6(7)9-8;3*1-3-4-2;/h2-4H,5H2,(H,9,10);3*1,3-4H2,2H3;. The van der Waals surface area contributed by atoms with Crippen LogP contribution in [0.5, 0.6) is 0 Å². The zero-order chi connectivity index (χ0) is 17.4. The Morgan fingerprint density at radius 1 is 1.00 bits per heavy atom. The van der Waals surface area contributed by atoms with Crippen LogP contribution in [0.4, 0.5) is 5.69 Å². The van der Waals surface area contributed by atoms with Gasteiger partial charge in [-0.3, -0.25) is 0 Å². The summed E-state index contributed by atoms with van der Waals surface area (Å²) >= 11 is -0.695. The normalized spacial score (nSPS) is 14.4. The molecule has 1 amide bonds. The Bertz CT molecular complexity index is 525. The van der Waals surface area contributed by atoms with E-state index in [0.717, 1.165) is 5.69 Å². The number of amides is 1. The van der Waals surface area contributed by atoms with Crippen LogP contribution in [0.3, 0.4) is 0 Å². The first kappa shape index (κ1) is 20.2. The van der Waals surface area contributed by atoms with E-state index >= 15 is 0 Å². The van der Waals surface area contributed by atoms with E-state index in [1.807, 2.05) is 0 Å². The van der Waals surface area contributed by atoms with Crippen molar-refractivity contribution in [2.45, 2.75) is 77.5 Å². The SMILES string of the molecule is CCC[CH2][Sn]([CH2]CCC)([CH2]CCC)[c]1ccc2c(c1)NC(=O)CS2. The number of hydrogen-bond donors (Lipinski definition) is 1. The molecule has 0 bridgehead atoms. The Labute approximate surface area is 156 Å². The number of nitrogens with one attached hydrogen (secondary N) is 1. The van der Waals surface area contributed by atoms with Gasteiger partial charge in [0.05, 0.1) is 0 Å². The number of carbonyl (C=O) groups excluding carboxylic acids is 1. The van der Waals surface area contributed by atoms with Crippen molar-refractivity contribution < 1.29 is 4.79 Å². The third kappa shape index (κ3) is 5.17. The summed E-state index contributed by atoms with van der Waals surface area (Å²) in [5.74, 6) is 0.712. The first-order chi connectivity index (χ1) is 11.6. The fourth-order valence-corrected chi connectivity index (χ4v) is 20.5. The van der Waals surface area contributed by atoms with E-state index in [1.165, 1.54) is 56.7 Å².